The summed E-state index contributed by atoms with van der Waals surface area (Å²) < 4.78 is 43.2. The maximum absolute atomic E-state index is 13.7. The maximum Gasteiger partial charge on any atom is 0.285 e. The molecule has 2 aromatic carbocycles. The molecule has 2 aromatic rings. The lowest BCUT2D eigenvalue weighted by molar-refractivity contribution is -0.119. The van der Waals surface area contributed by atoms with Crippen LogP contribution in [0.3, 0.4) is 0 Å². The fourth-order valence-corrected chi connectivity index (χ4v) is 7.22. The van der Waals surface area contributed by atoms with E-state index in [1.54, 1.807) is 41.3 Å². The Morgan fingerprint density at radius 2 is 1.96 bits per heavy atom. The zero-order valence-electron chi connectivity index (χ0n) is 14.7. The number of ether oxygens (including phenoxy) is 1. The summed E-state index contributed by atoms with van der Waals surface area (Å²) in [5, 5.41) is 0.132. The number of nitrogens with zero attached hydrogens (tertiary/aromatic N) is 2. The Bertz CT molecular complexity index is 1030. The number of aliphatic imine (C=N–C) groups is 1. The van der Waals surface area contributed by atoms with Crippen LogP contribution in [0.15, 0.2) is 59.6 Å². The van der Waals surface area contributed by atoms with Crippen LogP contribution in [0, 0.1) is 5.82 Å². The zero-order valence-corrected chi connectivity index (χ0v) is 16.3. The predicted molar refractivity (Wildman–Crippen MR) is 107 cm³/mol. The summed E-state index contributed by atoms with van der Waals surface area (Å²) in [6.45, 7) is -0.237. The molecular weight excluding hydrogens is 403 g/mol. The quantitative estimate of drug-likeness (QED) is 0.757. The number of halogens is 1. The van der Waals surface area contributed by atoms with Gasteiger partial charge in [-0.15, -0.1) is 0 Å². The van der Waals surface area contributed by atoms with E-state index in [2.05, 4.69) is 4.99 Å². The van der Waals surface area contributed by atoms with Crippen LogP contribution in [0.5, 0.6) is 5.75 Å². The van der Waals surface area contributed by atoms with Gasteiger partial charge in [0, 0.05) is 10.9 Å². The minimum Gasteiger partial charge on any atom is -0.484 e. The number of thioether (sulfide) groups is 1. The molecule has 1 amide bonds. The van der Waals surface area contributed by atoms with Crippen molar-refractivity contribution in [2.75, 3.05) is 23.0 Å². The molecule has 28 heavy (non-hydrogen) atoms. The monoisotopic (exact) mass is 420 g/mol. The first-order chi connectivity index (χ1) is 13.4. The number of hydrogen-bond donors (Lipinski definition) is 0. The van der Waals surface area contributed by atoms with Gasteiger partial charge in [-0.1, -0.05) is 36.0 Å². The third-order valence-electron chi connectivity index (χ3n) is 4.48. The molecule has 0 aromatic heterocycles. The molecule has 0 N–H and O–H groups in total. The Kier molecular flexibility index (Phi) is 5.11. The van der Waals surface area contributed by atoms with Crippen LogP contribution in [0.1, 0.15) is 0 Å². The van der Waals surface area contributed by atoms with Crippen molar-refractivity contribution in [3.8, 4) is 5.75 Å². The number of rotatable bonds is 4. The first-order valence-electron chi connectivity index (χ1n) is 8.62. The summed E-state index contributed by atoms with van der Waals surface area (Å²) in [5.41, 5.74) is 0.479. The molecule has 6 nitrogen and oxygen atoms in total. The fraction of sp³-hybridized carbons (Fsp3) is 0.263. The van der Waals surface area contributed by atoms with Gasteiger partial charge < -0.3 is 9.64 Å². The SMILES string of the molecule is O=C(COc1ccccc1)N=C1S[C@@H]2CS(=O)(=O)C[C@@H]2N1c1cccc(F)c1. The molecule has 2 aliphatic heterocycles. The summed E-state index contributed by atoms with van der Waals surface area (Å²) in [4.78, 5) is 18.1. The summed E-state index contributed by atoms with van der Waals surface area (Å²) in [6, 6.07) is 14.4. The van der Waals surface area contributed by atoms with Gasteiger partial charge in [-0.3, -0.25) is 4.79 Å². The summed E-state index contributed by atoms with van der Waals surface area (Å²) in [7, 11) is -3.18. The number of anilines is 1. The van der Waals surface area contributed by atoms with E-state index in [-0.39, 0.29) is 29.4 Å². The molecule has 0 bridgehead atoms. The van der Waals surface area contributed by atoms with Crippen LogP contribution < -0.4 is 9.64 Å². The Morgan fingerprint density at radius 1 is 1.18 bits per heavy atom. The number of carbonyl (C=O) groups excluding carboxylic acids is 1. The Labute approximate surface area is 166 Å². The van der Waals surface area contributed by atoms with Crippen LogP contribution in [0.4, 0.5) is 10.1 Å². The molecule has 146 valence electrons. The average Bonchev–Trinajstić information content (AvgIpc) is 3.11. The van der Waals surface area contributed by atoms with Crippen LogP contribution in [-0.2, 0) is 14.6 Å². The van der Waals surface area contributed by atoms with Crippen LogP contribution in [-0.4, -0.2) is 48.9 Å². The second-order valence-electron chi connectivity index (χ2n) is 6.54. The van der Waals surface area contributed by atoms with Gasteiger partial charge in [-0.25, -0.2) is 12.8 Å². The van der Waals surface area contributed by atoms with E-state index in [9.17, 15) is 17.6 Å². The summed E-state index contributed by atoms with van der Waals surface area (Å²) >= 11 is 1.24. The lowest BCUT2D eigenvalue weighted by atomic mass is 10.2. The molecular formula is C19H17FN2O4S2. The molecule has 2 atom stereocenters. The van der Waals surface area contributed by atoms with Crippen LogP contribution >= 0.6 is 11.8 Å². The van der Waals surface area contributed by atoms with Crippen molar-refractivity contribution in [2.45, 2.75) is 11.3 Å². The molecule has 0 aliphatic carbocycles. The van der Waals surface area contributed by atoms with E-state index >= 15 is 0 Å². The van der Waals surface area contributed by atoms with Crippen molar-refractivity contribution in [2.24, 2.45) is 4.99 Å². The second-order valence-corrected chi connectivity index (χ2v) is 9.90. The highest BCUT2D eigenvalue weighted by Gasteiger charge is 2.49. The van der Waals surface area contributed by atoms with Gasteiger partial charge in [0.2, 0.25) is 0 Å². The highest BCUT2D eigenvalue weighted by molar-refractivity contribution is 8.16. The van der Waals surface area contributed by atoms with Gasteiger partial charge in [0.05, 0.1) is 17.5 Å². The number of benzene rings is 2. The molecule has 2 heterocycles. The molecule has 9 heteroatoms. The van der Waals surface area contributed by atoms with E-state index < -0.39 is 21.6 Å². The van der Waals surface area contributed by atoms with Gasteiger partial charge in [0.25, 0.3) is 5.91 Å². The topological polar surface area (TPSA) is 76.0 Å². The first kappa shape index (κ1) is 18.9. The van der Waals surface area contributed by atoms with E-state index in [4.69, 9.17) is 4.74 Å². The Hall–Kier alpha value is -2.39. The van der Waals surface area contributed by atoms with Gasteiger partial charge in [0.15, 0.2) is 21.6 Å². The lowest BCUT2D eigenvalue weighted by Crippen LogP contribution is -2.37. The number of hydrogen-bond acceptors (Lipinski definition) is 5. The second kappa shape index (κ2) is 7.56. The largest absolute Gasteiger partial charge is 0.484 e. The standard InChI is InChI=1S/C19H17FN2O4S2/c20-13-5-4-6-14(9-13)22-16-11-28(24,25)12-17(16)27-19(22)21-18(23)10-26-15-7-2-1-3-8-15/h1-9,16-17H,10-12H2/t16-,17+/m0/s1. The van der Waals surface area contributed by atoms with Gasteiger partial charge in [0.1, 0.15) is 11.6 Å². The number of carbonyl (C=O) groups is 1. The van der Waals surface area contributed by atoms with Crippen molar-refractivity contribution < 1.29 is 22.3 Å². The molecule has 4 rings (SSSR count). The number of amidine groups is 1. The minimum atomic E-state index is -3.18. The highest BCUT2D eigenvalue weighted by atomic mass is 32.2. The van der Waals surface area contributed by atoms with Crippen LogP contribution in [0.2, 0.25) is 0 Å². The molecule has 0 saturated carbocycles. The van der Waals surface area contributed by atoms with Crippen molar-refractivity contribution in [1.29, 1.82) is 0 Å². The maximum atomic E-state index is 13.7. The Morgan fingerprint density at radius 3 is 2.71 bits per heavy atom. The van der Waals surface area contributed by atoms with Crippen molar-refractivity contribution in [3.05, 3.63) is 60.4 Å². The summed E-state index contributed by atoms with van der Waals surface area (Å²) in [6.07, 6.45) is 0. The molecule has 0 radical (unpaired) electrons. The number of amides is 1. The minimum absolute atomic E-state index is 0.0157. The average molecular weight is 420 g/mol. The van der Waals surface area contributed by atoms with Crippen LogP contribution in [0.25, 0.3) is 0 Å². The molecule has 0 spiro atoms. The number of sulfone groups is 1. The van der Waals surface area contributed by atoms with Crippen molar-refractivity contribution in [1.82, 2.24) is 0 Å². The van der Waals surface area contributed by atoms with Gasteiger partial charge >= 0.3 is 0 Å². The summed E-state index contributed by atoms with van der Waals surface area (Å²) in [5.74, 6) is -0.405. The van der Waals surface area contributed by atoms with Crippen molar-refractivity contribution >= 4 is 38.4 Å². The fourth-order valence-electron chi connectivity index (χ4n) is 3.29. The lowest BCUT2D eigenvalue weighted by Gasteiger charge is -2.24. The first-order valence-corrected chi connectivity index (χ1v) is 11.3. The molecule has 0 unspecified atom stereocenters. The van der Waals surface area contributed by atoms with E-state index in [1.165, 1.54) is 23.9 Å². The van der Waals surface area contributed by atoms with E-state index in [1.807, 2.05) is 6.07 Å². The smallest absolute Gasteiger partial charge is 0.285 e. The zero-order chi connectivity index (χ0) is 19.7. The molecule has 2 fully saturated rings. The predicted octanol–water partition coefficient (Wildman–Crippen LogP) is 2.51. The van der Waals surface area contributed by atoms with Crippen molar-refractivity contribution in [3.63, 3.8) is 0 Å². The number of fused-ring (bicyclic) bond motifs is 1. The van der Waals surface area contributed by atoms with E-state index in [0.717, 1.165) is 0 Å². The Balaban J connectivity index is 1.58. The van der Waals surface area contributed by atoms with Gasteiger partial charge in [-0.2, -0.15) is 4.99 Å². The number of para-hydroxylation sites is 1. The molecule has 2 saturated heterocycles. The third kappa shape index (κ3) is 4.05. The third-order valence-corrected chi connectivity index (χ3v) is 7.69. The van der Waals surface area contributed by atoms with E-state index in [0.29, 0.717) is 16.6 Å². The normalized spacial score (nSPS) is 24.3. The highest BCUT2D eigenvalue weighted by Crippen LogP contribution is 2.41. The molecule has 2 aliphatic rings. The van der Waals surface area contributed by atoms with Gasteiger partial charge in [-0.05, 0) is 30.3 Å².